The molecule has 1 amide bonds. The summed E-state index contributed by atoms with van der Waals surface area (Å²) < 4.78 is 4.93. The molecule has 1 fully saturated rings. The van der Waals surface area contributed by atoms with Crippen molar-refractivity contribution >= 4 is 6.09 Å². The van der Waals surface area contributed by atoms with Crippen LogP contribution in [0.15, 0.2) is 0 Å². The van der Waals surface area contributed by atoms with Crippen LogP contribution in [0.5, 0.6) is 0 Å². The largest absolute Gasteiger partial charge is 0.444 e. The standard InChI is InChI=1S/C11H21NO8/c1-10(2,3)20-9(18)12-8(17)6(15)5(14)7(16)11(12,19)4-13/h5-8,13-17,19H,4H2,1-3H3/t5?,6?,7?,8?,11-/m1/s1. The van der Waals surface area contributed by atoms with Crippen LogP contribution in [-0.4, -0.2) is 84.1 Å². The molecule has 0 bridgehead atoms. The van der Waals surface area contributed by atoms with Gasteiger partial charge in [-0.25, -0.2) is 9.69 Å². The molecule has 0 aromatic rings. The molecule has 0 radical (unpaired) electrons. The number of hydrogen-bond donors (Lipinski definition) is 6. The Hall–Kier alpha value is -0.970. The van der Waals surface area contributed by atoms with Crippen LogP contribution in [0, 0.1) is 0 Å². The summed E-state index contributed by atoms with van der Waals surface area (Å²) >= 11 is 0. The number of carbonyl (C=O) groups is 1. The molecule has 0 aromatic carbocycles. The van der Waals surface area contributed by atoms with Gasteiger partial charge in [0.15, 0.2) is 12.0 Å². The average molecular weight is 295 g/mol. The van der Waals surface area contributed by atoms with Crippen molar-refractivity contribution in [2.45, 2.75) is 56.6 Å². The third-order valence-corrected chi connectivity index (χ3v) is 2.96. The molecule has 118 valence electrons. The lowest BCUT2D eigenvalue weighted by molar-refractivity contribution is -0.307. The third kappa shape index (κ3) is 2.87. The smallest absolute Gasteiger partial charge is 0.414 e. The maximum absolute atomic E-state index is 12.0. The number of carbonyl (C=O) groups excluding carboxylic acids is 1. The molecule has 1 rings (SSSR count). The summed E-state index contributed by atoms with van der Waals surface area (Å²) in [5.74, 6) is 0. The number of piperidine rings is 1. The normalized spacial score (nSPS) is 38.8. The second kappa shape index (κ2) is 5.43. The first-order valence-electron chi connectivity index (χ1n) is 6.03. The Morgan fingerprint density at radius 2 is 1.70 bits per heavy atom. The van der Waals surface area contributed by atoms with Gasteiger partial charge in [0.05, 0.1) is 6.61 Å². The van der Waals surface area contributed by atoms with Gasteiger partial charge in [-0.2, -0.15) is 0 Å². The molecular weight excluding hydrogens is 274 g/mol. The van der Waals surface area contributed by atoms with E-state index in [1.54, 1.807) is 0 Å². The van der Waals surface area contributed by atoms with E-state index in [1.165, 1.54) is 20.8 Å². The monoisotopic (exact) mass is 295 g/mol. The molecule has 1 heterocycles. The maximum Gasteiger partial charge on any atom is 0.414 e. The fourth-order valence-electron chi connectivity index (χ4n) is 1.91. The minimum absolute atomic E-state index is 0.209. The Morgan fingerprint density at radius 1 is 1.20 bits per heavy atom. The van der Waals surface area contributed by atoms with Crippen LogP contribution in [0.25, 0.3) is 0 Å². The van der Waals surface area contributed by atoms with Crippen molar-refractivity contribution in [3.05, 3.63) is 0 Å². The molecule has 4 unspecified atom stereocenters. The van der Waals surface area contributed by atoms with Crippen LogP contribution in [0.4, 0.5) is 4.79 Å². The second-order valence-corrected chi connectivity index (χ2v) is 5.73. The van der Waals surface area contributed by atoms with Gasteiger partial charge in [0, 0.05) is 0 Å². The van der Waals surface area contributed by atoms with Gasteiger partial charge in [-0.15, -0.1) is 0 Å². The molecule has 0 aromatic heterocycles. The van der Waals surface area contributed by atoms with Crippen molar-refractivity contribution in [1.29, 1.82) is 0 Å². The fourth-order valence-corrected chi connectivity index (χ4v) is 1.91. The lowest BCUT2D eigenvalue weighted by Gasteiger charge is -2.50. The Morgan fingerprint density at radius 3 is 2.10 bits per heavy atom. The zero-order chi connectivity index (χ0) is 15.9. The highest BCUT2D eigenvalue weighted by molar-refractivity contribution is 5.69. The molecular formula is C11H21NO8. The number of amides is 1. The Bertz CT molecular complexity index is 370. The first kappa shape index (κ1) is 17.1. The molecule has 1 aliphatic rings. The number of likely N-dealkylation sites (tertiary alicyclic amines) is 1. The Labute approximate surface area is 115 Å². The number of rotatable bonds is 1. The molecule has 9 heteroatoms. The van der Waals surface area contributed by atoms with Crippen LogP contribution in [0.2, 0.25) is 0 Å². The zero-order valence-electron chi connectivity index (χ0n) is 11.5. The Balaban J connectivity index is 3.14. The molecule has 5 atom stereocenters. The molecule has 1 saturated heterocycles. The van der Waals surface area contributed by atoms with Gasteiger partial charge in [-0.3, -0.25) is 0 Å². The summed E-state index contributed by atoms with van der Waals surface area (Å²) in [6, 6.07) is 0. The predicted octanol–water partition coefficient (Wildman–Crippen LogP) is -2.68. The number of aliphatic hydroxyl groups is 6. The zero-order valence-corrected chi connectivity index (χ0v) is 11.5. The van der Waals surface area contributed by atoms with Crippen molar-refractivity contribution in [3.63, 3.8) is 0 Å². The third-order valence-electron chi connectivity index (χ3n) is 2.96. The number of hydrogen-bond acceptors (Lipinski definition) is 8. The van der Waals surface area contributed by atoms with Gasteiger partial charge in [0.1, 0.15) is 23.9 Å². The second-order valence-electron chi connectivity index (χ2n) is 5.73. The van der Waals surface area contributed by atoms with Crippen molar-refractivity contribution in [2.75, 3.05) is 6.61 Å². The van der Waals surface area contributed by atoms with Crippen LogP contribution in [0.1, 0.15) is 20.8 Å². The molecule has 0 aliphatic carbocycles. The minimum Gasteiger partial charge on any atom is -0.444 e. The number of aliphatic hydroxyl groups excluding tert-OH is 5. The van der Waals surface area contributed by atoms with E-state index in [0.29, 0.717) is 0 Å². The molecule has 6 N–H and O–H groups in total. The van der Waals surface area contributed by atoms with E-state index in [-0.39, 0.29) is 4.90 Å². The van der Waals surface area contributed by atoms with Gasteiger partial charge in [-0.05, 0) is 20.8 Å². The Kier molecular flexibility index (Phi) is 4.64. The van der Waals surface area contributed by atoms with Crippen molar-refractivity contribution in [3.8, 4) is 0 Å². The van der Waals surface area contributed by atoms with Crippen molar-refractivity contribution in [1.82, 2.24) is 4.90 Å². The van der Waals surface area contributed by atoms with Crippen LogP contribution in [0.3, 0.4) is 0 Å². The van der Waals surface area contributed by atoms with Gasteiger partial charge in [-0.1, -0.05) is 0 Å². The van der Waals surface area contributed by atoms with Gasteiger partial charge >= 0.3 is 6.09 Å². The van der Waals surface area contributed by atoms with Crippen LogP contribution < -0.4 is 0 Å². The minimum atomic E-state index is -2.68. The molecule has 0 spiro atoms. The highest BCUT2D eigenvalue weighted by atomic mass is 16.6. The first-order valence-corrected chi connectivity index (χ1v) is 6.03. The van der Waals surface area contributed by atoms with E-state index in [9.17, 15) is 35.4 Å². The highest BCUT2D eigenvalue weighted by Crippen LogP contribution is 2.31. The van der Waals surface area contributed by atoms with Crippen LogP contribution in [-0.2, 0) is 4.74 Å². The lowest BCUT2D eigenvalue weighted by Crippen LogP contribution is -2.76. The van der Waals surface area contributed by atoms with E-state index in [1.807, 2.05) is 0 Å². The summed E-state index contributed by atoms with van der Waals surface area (Å²) in [5, 5.41) is 57.9. The molecule has 9 nitrogen and oxygen atoms in total. The van der Waals surface area contributed by atoms with E-state index in [0.717, 1.165) is 0 Å². The van der Waals surface area contributed by atoms with E-state index in [2.05, 4.69) is 0 Å². The molecule has 1 aliphatic heterocycles. The quantitative estimate of drug-likeness (QED) is 0.306. The highest BCUT2D eigenvalue weighted by Gasteiger charge is 2.59. The summed E-state index contributed by atoms with van der Waals surface area (Å²) in [5.41, 5.74) is -3.65. The predicted molar refractivity (Wildman–Crippen MR) is 64.1 cm³/mol. The summed E-state index contributed by atoms with van der Waals surface area (Å²) in [7, 11) is 0. The van der Waals surface area contributed by atoms with E-state index < -0.39 is 48.6 Å². The average Bonchev–Trinajstić information content (AvgIpc) is 2.32. The summed E-state index contributed by atoms with van der Waals surface area (Å²) in [6.07, 6.45) is -9.27. The van der Waals surface area contributed by atoms with Crippen molar-refractivity contribution < 1.29 is 40.2 Å². The van der Waals surface area contributed by atoms with Crippen LogP contribution >= 0.6 is 0 Å². The number of nitrogens with zero attached hydrogens (tertiary/aromatic N) is 1. The summed E-state index contributed by atoms with van der Waals surface area (Å²) in [6.45, 7) is 3.41. The number of ether oxygens (including phenoxy) is 1. The maximum atomic E-state index is 12.0. The molecule has 20 heavy (non-hydrogen) atoms. The van der Waals surface area contributed by atoms with Crippen molar-refractivity contribution in [2.24, 2.45) is 0 Å². The lowest BCUT2D eigenvalue weighted by atomic mass is 9.90. The van der Waals surface area contributed by atoms with Gasteiger partial charge < -0.3 is 35.4 Å². The van der Waals surface area contributed by atoms with Gasteiger partial charge in [0.2, 0.25) is 0 Å². The SMILES string of the molecule is CC(C)(C)OC(=O)N1C(O)C(O)C(O)C(O)[C@]1(O)CO. The first-order chi connectivity index (χ1) is 8.95. The molecule has 0 saturated carbocycles. The van der Waals surface area contributed by atoms with E-state index in [4.69, 9.17) is 4.74 Å². The van der Waals surface area contributed by atoms with Gasteiger partial charge in [0.25, 0.3) is 0 Å². The van der Waals surface area contributed by atoms with E-state index >= 15 is 0 Å². The fraction of sp³-hybridized carbons (Fsp3) is 0.909. The summed E-state index contributed by atoms with van der Waals surface area (Å²) in [4.78, 5) is 12.2. The topological polar surface area (TPSA) is 151 Å².